The maximum absolute atomic E-state index is 11.0. The minimum absolute atomic E-state index is 0.0210. The van der Waals surface area contributed by atoms with Gasteiger partial charge in [-0.15, -0.1) is 0 Å². The molecule has 0 heterocycles. The Morgan fingerprint density at radius 3 is 2.43 bits per heavy atom. The van der Waals surface area contributed by atoms with Crippen LogP contribution in [0.25, 0.3) is 0 Å². The number of hydrogen-bond acceptors (Lipinski definition) is 2. The molecule has 0 aromatic heterocycles. The van der Waals surface area contributed by atoms with Crippen LogP contribution in [0.2, 0.25) is 0 Å². The summed E-state index contributed by atoms with van der Waals surface area (Å²) in [6, 6.07) is 20.2. The second-order valence-electron chi connectivity index (χ2n) is 6.21. The smallest absolute Gasteiger partial charge is 0.141 e. The summed E-state index contributed by atoms with van der Waals surface area (Å²) in [6.45, 7) is 0.765. The van der Waals surface area contributed by atoms with Crippen LogP contribution in [-0.4, -0.2) is 16.7 Å². The second-order valence-corrected chi connectivity index (χ2v) is 6.21. The van der Waals surface area contributed by atoms with E-state index in [4.69, 9.17) is 0 Å². The van der Waals surface area contributed by atoms with Gasteiger partial charge >= 0.3 is 0 Å². The Labute approximate surface area is 138 Å². The third-order valence-electron chi connectivity index (χ3n) is 4.47. The molecule has 0 radical (unpaired) electrons. The number of benzene rings is 2. The van der Waals surface area contributed by atoms with Crippen LogP contribution in [0.4, 0.5) is 0 Å². The zero-order valence-electron chi connectivity index (χ0n) is 13.3. The van der Waals surface area contributed by atoms with E-state index in [2.05, 4.69) is 29.3 Å². The van der Waals surface area contributed by atoms with Crippen molar-refractivity contribution >= 4 is 0 Å². The molecule has 118 valence electrons. The maximum Gasteiger partial charge on any atom is 0.141 e. The molecule has 1 saturated carbocycles. The summed E-state index contributed by atoms with van der Waals surface area (Å²) in [5.41, 5.74) is 1.24. The highest BCUT2D eigenvalue weighted by Gasteiger charge is 2.37. The van der Waals surface area contributed by atoms with Gasteiger partial charge in [-0.25, -0.2) is 0 Å². The molecule has 1 aliphatic carbocycles. The minimum atomic E-state index is -0.942. The van der Waals surface area contributed by atoms with Crippen molar-refractivity contribution in [1.29, 1.82) is 0 Å². The molecular formula is C21H23NO. The quantitative estimate of drug-likeness (QED) is 0.851. The summed E-state index contributed by atoms with van der Waals surface area (Å²) in [5.74, 6) is 6.29. The Kier molecular flexibility index (Phi) is 5.12. The van der Waals surface area contributed by atoms with Gasteiger partial charge in [-0.3, -0.25) is 0 Å². The topological polar surface area (TPSA) is 32.3 Å². The normalized spacial score (nSPS) is 23.8. The Balaban J connectivity index is 1.71. The molecule has 2 aromatic carbocycles. The summed E-state index contributed by atoms with van der Waals surface area (Å²) >= 11 is 0. The van der Waals surface area contributed by atoms with E-state index in [1.54, 1.807) is 0 Å². The molecule has 0 unspecified atom stereocenters. The van der Waals surface area contributed by atoms with Gasteiger partial charge in [0.25, 0.3) is 0 Å². The lowest BCUT2D eigenvalue weighted by molar-refractivity contribution is 0.0254. The first kappa shape index (κ1) is 15.8. The lowest BCUT2D eigenvalue weighted by Gasteiger charge is -2.36. The van der Waals surface area contributed by atoms with Crippen molar-refractivity contribution in [2.24, 2.45) is 0 Å². The van der Waals surface area contributed by atoms with E-state index in [-0.39, 0.29) is 6.04 Å². The van der Waals surface area contributed by atoms with Crippen LogP contribution >= 0.6 is 0 Å². The van der Waals surface area contributed by atoms with E-state index in [9.17, 15) is 5.11 Å². The first-order valence-corrected chi connectivity index (χ1v) is 8.34. The van der Waals surface area contributed by atoms with Gasteiger partial charge in [0.1, 0.15) is 5.60 Å². The van der Waals surface area contributed by atoms with Gasteiger partial charge in [-0.1, -0.05) is 66.8 Å². The highest BCUT2D eigenvalue weighted by atomic mass is 16.3. The number of nitrogens with one attached hydrogen (secondary N) is 1. The summed E-state index contributed by atoms with van der Waals surface area (Å²) in [5, 5.41) is 14.5. The Hall–Kier alpha value is -2.08. The molecular weight excluding hydrogens is 282 g/mol. The second kappa shape index (κ2) is 7.46. The molecule has 2 heteroatoms. The fourth-order valence-electron chi connectivity index (χ4n) is 3.12. The van der Waals surface area contributed by atoms with Crippen LogP contribution in [0.1, 0.15) is 36.8 Å². The van der Waals surface area contributed by atoms with Gasteiger partial charge in [-0.05, 0) is 37.0 Å². The third-order valence-corrected chi connectivity index (χ3v) is 4.47. The maximum atomic E-state index is 11.0. The summed E-state index contributed by atoms with van der Waals surface area (Å²) in [6.07, 6.45) is 3.87. The Morgan fingerprint density at radius 2 is 1.70 bits per heavy atom. The predicted octanol–water partition coefficient (Wildman–Crippen LogP) is 3.50. The fourth-order valence-corrected chi connectivity index (χ4v) is 3.12. The van der Waals surface area contributed by atoms with Crippen LogP contribution in [0.3, 0.4) is 0 Å². The molecule has 1 aliphatic rings. The lowest BCUT2D eigenvalue weighted by atomic mass is 9.80. The molecule has 23 heavy (non-hydrogen) atoms. The SMILES string of the molecule is O[C@@]1(C#Cc2ccccc2)CCCC[C@@H]1NCc1ccccc1. The highest BCUT2D eigenvalue weighted by Crippen LogP contribution is 2.28. The summed E-state index contributed by atoms with van der Waals surface area (Å²) in [4.78, 5) is 0. The van der Waals surface area contributed by atoms with Crippen LogP contribution in [0.15, 0.2) is 60.7 Å². The van der Waals surface area contributed by atoms with E-state index in [1.165, 1.54) is 5.56 Å². The molecule has 3 rings (SSSR count). The van der Waals surface area contributed by atoms with E-state index in [0.29, 0.717) is 0 Å². The average Bonchev–Trinajstić information content (AvgIpc) is 2.61. The van der Waals surface area contributed by atoms with Crippen molar-refractivity contribution < 1.29 is 5.11 Å². The first-order valence-electron chi connectivity index (χ1n) is 8.34. The highest BCUT2D eigenvalue weighted by molar-refractivity contribution is 5.37. The van der Waals surface area contributed by atoms with Gasteiger partial charge in [-0.2, -0.15) is 0 Å². The van der Waals surface area contributed by atoms with Crippen molar-refractivity contribution in [2.75, 3.05) is 0 Å². The molecule has 0 aliphatic heterocycles. The standard InChI is InChI=1S/C21H23NO/c23-21(16-14-18-9-3-1-4-10-18)15-8-7-13-20(21)22-17-19-11-5-2-6-12-19/h1-6,9-12,20,22-23H,7-8,13,15,17H2/t20-,21+/m0/s1. The van der Waals surface area contributed by atoms with Crippen LogP contribution in [0.5, 0.6) is 0 Å². The van der Waals surface area contributed by atoms with Crippen LogP contribution < -0.4 is 5.32 Å². The average molecular weight is 305 g/mol. The van der Waals surface area contributed by atoms with E-state index < -0.39 is 5.60 Å². The molecule has 0 amide bonds. The van der Waals surface area contributed by atoms with Crippen LogP contribution in [0, 0.1) is 11.8 Å². The van der Waals surface area contributed by atoms with Gasteiger partial charge in [0.2, 0.25) is 0 Å². The minimum Gasteiger partial charge on any atom is -0.376 e. The van der Waals surface area contributed by atoms with E-state index in [1.807, 2.05) is 48.5 Å². The van der Waals surface area contributed by atoms with Crippen LogP contribution in [-0.2, 0) is 6.54 Å². The largest absolute Gasteiger partial charge is 0.376 e. The summed E-state index contributed by atoms with van der Waals surface area (Å²) < 4.78 is 0. The molecule has 2 atom stereocenters. The molecule has 0 saturated heterocycles. The Bertz CT molecular complexity index is 671. The Morgan fingerprint density at radius 1 is 1.00 bits per heavy atom. The number of aliphatic hydroxyl groups is 1. The third kappa shape index (κ3) is 4.22. The van der Waals surface area contributed by atoms with Crippen molar-refractivity contribution in [2.45, 2.75) is 43.9 Å². The van der Waals surface area contributed by atoms with Crippen molar-refractivity contribution in [1.82, 2.24) is 5.32 Å². The molecule has 1 fully saturated rings. The van der Waals surface area contributed by atoms with Gasteiger partial charge in [0.15, 0.2) is 0 Å². The van der Waals surface area contributed by atoms with E-state index in [0.717, 1.165) is 37.8 Å². The first-order chi connectivity index (χ1) is 11.3. The molecule has 2 aromatic rings. The zero-order chi connectivity index (χ0) is 16.0. The molecule has 2 N–H and O–H groups in total. The number of hydrogen-bond donors (Lipinski definition) is 2. The predicted molar refractivity (Wildman–Crippen MR) is 93.8 cm³/mol. The summed E-state index contributed by atoms with van der Waals surface area (Å²) in [7, 11) is 0. The number of rotatable bonds is 3. The fraction of sp³-hybridized carbons (Fsp3) is 0.333. The van der Waals surface area contributed by atoms with Crippen molar-refractivity contribution in [3.05, 3.63) is 71.8 Å². The lowest BCUT2D eigenvalue weighted by Crippen LogP contribution is -2.51. The molecule has 0 bridgehead atoms. The van der Waals surface area contributed by atoms with Gasteiger partial charge in [0.05, 0.1) is 0 Å². The monoisotopic (exact) mass is 305 g/mol. The molecule has 2 nitrogen and oxygen atoms in total. The van der Waals surface area contributed by atoms with Gasteiger partial charge < -0.3 is 10.4 Å². The van der Waals surface area contributed by atoms with E-state index >= 15 is 0 Å². The van der Waals surface area contributed by atoms with Gasteiger partial charge in [0, 0.05) is 18.2 Å². The molecule has 0 spiro atoms. The van der Waals surface area contributed by atoms with Crippen molar-refractivity contribution in [3.8, 4) is 11.8 Å². The zero-order valence-corrected chi connectivity index (χ0v) is 13.3. The van der Waals surface area contributed by atoms with Crippen molar-refractivity contribution in [3.63, 3.8) is 0 Å².